The third-order valence-corrected chi connectivity index (χ3v) is 4.61. The van der Waals surface area contributed by atoms with Crippen molar-refractivity contribution < 1.29 is 0 Å². The van der Waals surface area contributed by atoms with Crippen molar-refractivity contribution in [2.45, 2.75) is 51.0 Å². The highest BCUT2D eigenvalue weighted by molar-refractivity contribution is 5.33. The Labute approximate surface area is 104 Å². The minimum Gasteiger partial charge on any atom is -0.366 e. The van der Waals surface area contributed by atoms with Crippen LogP contribution in [-0.2, 0) is 7.05 Å². The number of anilines is 1. The summed E-state index contributed by atoms with van der Waals surface area (Å²) in [5.41, 5.74) is 0. The monoisotopic (exact) mass is 233 g/mol. The van der Waals surface area contributed by atoms with E-state index in [1.807, 2.05) is 17.9 Å². The molecule has 0 spiro atoms. The molecule has 94 valence electrons. The summed E-state index contributed by atoms with van der Waals surface area (Å²) in [4.78, 5) is 0. The zero-order valence-corrected chi connectivity index (χ0v) is 10.7. The van der Waals surface area contributed by atoms with Crippen molar-refractivity contribution in [3.63, 3.8) is 0 Å². The molecular weight excluding hydrogens is 210 g/mol. The molecule has 0 aromatic carbocycles. The number of hydrogen-bond donors (Lipinski definition) is 1. The van der Waals surface area contributed by atoms with Gasteiger partial charge < -0.3 is 5.32 Å². The van der Waals surface area contributed by atoms with Crippen molar-refractivity contribution in [1.29, 1.82) is 0 Å². The van der Waals surface area contributed by atoms with Crippen LogP contribution in [0.25, 0.3) is 0 Å². The maximum Gasteiger partial charge on any atom is 0.148 e. The van der Waals surface area contributed by atoms with E-state index in [9.17, 15) is 0 Å². The maximum absolute atomic E-state index is 4.41. The summed E-state index contributed by atoms with van der Waals surface area (Å²) in [6.07, 6.45) is 12.0. The molecule has 0 radical (unpaired) electrons. The third kappa shape index (κ3) is 2.48. The molecule has 0 amide bonds. The van der Waals surface area contributed by atoms with Crippen LogP contribution < -0.4 is 5.32 Å². The molecule has 0 aliphatic heterocycles. The van der Waals surface area contributed by atoms with Gasteiger partial charge in [0.15, 0.2) is 0 Å². The van der Waals surface area contributed by atoms with Gasteiger partial charge in [0.2, 0.25) is 0 Å². The Hall–Kier alpha value is -0.990. The molecule has 2 saturated carbocycles. The highest BCUT2D eigenvalue weighted by Crippen LogP contribution is 2.40. The molecule has 2 aliphatic rings. The summed E-state index contributed by atoms with van der Waals surface area (Å²) >= 11 is 0. The van der Waals surface area contributed by atoms with Crippen molar-refractivity contribution in [3.05, 3.63) is 12.3 Å². The van der Waals surface area contributed by atoms with E-state index in [1.54, 1.807) is 0 Å². The first kappa shape index (κ1) is 11.1. The van der Waals surface area contributed by atoms with Crippen LogP contribution in [0.5, 0.6) is 0 Å². The first-order valence-electron chi connectivity index (χ1n) is 7.07. The van der Waals surface area contributed by atoms with Gasteiger partial charge in [0.05, 0.1) is 0 Å². The first-order valence-corrected chi connectivity index (χ1v) is 7.07. The number of aryl methyl sites for hydroxylation is 1. The normalized spacial score (nSPS) is 33.1. The van der Waals surface area contributed by atoms with Crippen molar-refractivity contribution in [2.75, 3.05) is 5.32 Å². The molecule has 2 aliphatic carbocycles. The second-order valence-electron chi connectivity index (χ2n) is 5.83. The van der Waals surface area contributed by atoms with Crippen molar-refractivity contribution >= 4 is 5.82 Å². The molecule has 3 heteroatoms. The van der Waals surface area contributed by atoms with Gasteiger partial charge in [0.25, 0.3) is 0 Å². The van der Waals surface area contributed by atoms with E-state index in [0.29, 0.717) is 6.04 Å². The Balaban J connectivity index is 1.58. The molecule has 3 nitrogen and oxygen atoms in total. The summed E-state index contributed by atoms with van der Waals surface area (Å²) in [5.74, 6) is 3.07. The lowest BCUT2D eigenvalue weighted by Crippen LogP contribution is -2.34. The van der Waals surface area contributed by atoms with Gasteiger partial charge in [-0.05, 0) is 31.1 Å². The van der Waals surface area contributed by atoms with Crippen LogP contribution in [0.15, 0.2) is 12.3 Å². The van der Waals surface area contributed by atoms with E-state index in [1.165, 1.54) is 44.9 Å². The van der Waals surface area contributed by atoms with Crippen molar-refractivity contribution in [3.8, 4) is 0 Å². The Bertz CT molecular complexity index is 371. The van der Waals surface area contributed by atoms with Gasteiger partial charge in [-0.1, -0.05) is 25.7 Å². The lowest BCUT2D eigenvalue weighted by molar-refractivity contribution is 0.162. The van der Waals surface area contributed by atoms with Crippen LogP contribution in [0, 0.1) is 11.8 Å². The van der Waals surface area contributed by atoms with Gasteiger partial charge in [0.1, 0.15) is 5.82 Å². The number of nitrogens with zero attached hydrogens (tertiary/aromatic N) is 2. The minimum absolute atomic E-state index is 0.657. The number of aromatic nitrogens is 2. The molecule has 2 fully saturated rings. The fourth-order valence-corrected chi connectivity index (χ4v) is 3.71. The topological polar surface area (TPSA) is 29.9 Å². The average Bonchev–Trinajstić information content (AvgIpc) is 2.75. The molecule has 17 heavy (non-hydrogen) atoms. The molecule has 1 aromatic heterocycles. The summed E-state index contributed by atoms with van der Waals surface area (Å²) in [6, 6.07) is 2.73. The summed E-state index contributed by atoms with van der Waals surface area (Å²) in [5, 5.41) is 8.02. The molecule has 1 N–H and O–H groups in total. The van der Waals surface area contributed by atoms with Gasteiger partial charge >= 0.3 is 0 Å². The molecule has 3 atom stereocenters. The van der Waals surface area contributed by atoms with Gasteiger partial charge in [-0.3, -0.25) is 4.68 Å². The fourth-order valence-electron chi connectivity index (χ4n) is 3.71. The SMILES string of the molecule is Cn1ccc(NC2CCC3CCCCC3C2)n1. The summed E-state index contributed by atoms with van der Waals surface area (Å²) < 4.78 is 1.87. The van der Waals surface area contributed by atoms with Crippen molar-refractivity contribution in [2.24, 2.45) is 18.9 Å². The minimum atomic E-state index is 0.657. The smallest absolute Gasteiger partial charge is 0.148 e. The number of nitrogens with one attached hydrogen (secondary N) is 1. The van der Waals surface area contributed by atoms with E-state index in [2.05, 4.69) is 16.5 Å². The second kappa shape index (κ2) is 4.71. The maximum atomic E-state index is 4.41. The van der Waals surface area contributed by atoms with Crippen LogP contribution in [-0.4, -0.2) is 15.8 Å². The summed E-state index contributed by atoms with van der Waals surface area (Å²) in [7, 11) is 1.98. The summed E-state index contributed by atoms with van der Waals surface area (Å²) in [6.45, 7) is 0. The van der Waals surface area contributed by atoms with Crippen LogP contribution in [0.4, 0.5) is 5.82 Å². The van der Waals surface area contributed by atoms with Crippen molar-refractivity contribution in [1.82, 2.24) is 9.78 Å². The highest BCUT2D eigenvalue weighted by Gasteiger charge is 2.32. The Morgan fingerprint density at radius 2 is 2.00 bits per heavy atom. The molecule has 3 rings (SSSR count). The lowest BCUT2D eigenvalue weighted by Gasteiger charge is -2.39. The van der Waals surface area contributed by atoms with E-state index in [4.69, 9.17) is 0 Å². The Morgan fingerprint density at radius 3 is 2.76 bits per heavy atom. The van der Waals surface area contributed by atoms with Crippen LogP contribution in [0.2, 0.25) is 0 Å². The van der Waals surface area contributed by atoms with E-state index >= 15 is 0 Å². The molecule has 0 saturated heterocycles. The first-order chi connectivity index (χ1) is 8.31. The average molecular weight is 233 g/mol. The Morgan fingerprint density at radius 1 is 1.18 bits per heavy atom. The van der Waals surface area contributed by atoms with Crippen LogP contribution in [0.3, 0.4) is 0 Å². The zero-order chi connectivity index (χ0) is 11.7. The standard InChI is InChI=1S/C14H23N3/c1-17-9-8-14(16-17)15-13-7-6-11-4-2-3-5-12(11)10-13/h8-9,11-13H,2-7,10H2,1H3,(H,15,16). The number of hydrogen-bond acceptors (Lipinski definition) is 2. The lowest BCUT2D eigenvalue weighted by atomic mass is 9.69. The molecular formula is C14H23N3. The predicted octanol–water partition coefficient (Wildman–Crippen LogP) is 3.19. The van der Waals surface area contributed by atoms with E-state index in [-0.39, 0.29) is 0 Å². The van der Waals surface area contributed by atoms with Gasteiger partial charge in [0, 0.05) is 25.4 Å². The quantitative estimate of drug-likeness (QED) is 0.850. The highest BCUT2D eigenvalue weighted by atomic mass is 15.3. The molecule has 3 unspecified atom stereocenters. The second-order valence-corrected chi connectivity index (χ2v) is 5.83. The largest absolute Gasteiger partial charge is 0.366 e. The third-order valence-electron chi connectivity index (χ3n) is 4.61. The zero-order valence-electron chi connectivity index (χ0n) is 10.7. The Kier molecular flexibility index (Phi) is 3.08. The molecule has 1 heterocycles. The number of fused-ring (bicyclic) bond motifs is 1. The molecule has 1 aromatic rings. The van der Waals surface area contributed by atoms with Crippen LogP contribution >= 0.6 is 0 Å². The van der Waals surface area contributed by atoms with E-state index < -0.39 is 0 Å². The van der Waals surface area contributed by atoms with Gasteiger partial charge in [-0.2, -0.15) is 5.10 Å². The van der Waals surface area contributed by atoms with E-state index in [0.717, 1.165) is 17.7 Å². The van der Waals surface area contributed by atoms with Gasteiger partial charge in [-0.15, -0.1) is 0 Å². The van der Waals surface area contributed by atoms with Crippen LogP contribution in [0.1, 0.15) is 44.9 Å². The van der Waals surface area contributed by atoms with Gasteiger partial charge in [-0.25, -0.2) is 0 Å². The fraction of sp³-hybridized carbons (Fsp3) is 0.786. The molecule has 0 bridgehead atoms. The predicted molar refractivity (Wildman–Crippen MR) is 69.9 cm³/mol. The number of rotatable bonds is 2.